The second kappa shape index (κ2) is 6.59. The highest BCUT2D eigenvalue weighted by Gasteiger charge is 2.28. The van der Waals surface area contributed by atoms with E-state index in [0.29, 0.717) is 16.3 Å². The van der Waals surface area contributed by atoms with E-state index in [1.807, 2.05) is 18.2 Å². The molecule has 1 aliphatic heterocycles. The van der Waals surface area contributed by atoms with Crippen LogP contribution in [0.2, 0.25) is 0 Å². The standard InChI is InChI=1S/C17H16Br2FN/c18-13-3-1-2-11(8-13)15-10-21-7-6-14(15)12-4-5-17(20)16(19)9-12/h1-5,8-9,14-15,21H,6-7,10H2. The van der Waals surface area contributed by atoms with Crippen molar-refractivity contribution >= 4 is 31.9 Å². The molecule has 0 aromatic heterocycles. The first-order valence-corrected chi connectivity index (χ1v) is 8.65. The van der Waals surface area contributed by atoms with Gasteiger partial charge in [0.25, 0.3) is 0 Å². The van der Waals surface area contributed by atoms with Crippen LogP contribution in [0, 0.1) is 5.82 Å². The zero-order valence-electron chi connectivity index (χ0n) is 11.5. The quantitative estimate of drug-likeness (QED) is 0.713. The predicted octanol–water partition coefficient (Wildman–Crippen LogP) is 5.21. The lowest BCUT2D eigenvalue weighted by Crippen LogP contribution is -2.34. The summed E-state index contributed by atoms with van der Waals surface area (Å²) in [6.07, 6.45) is 1.06. The van der Waals surface area contributed by atoms with E-state index in [1.54, 1.807) is 6.07 Å². The van der Waals surface area contributed by atoms with E-state index >= 15 is 0 Å². The van der Waals surface area contributed by atoms with Gasteiger partial charge in [-0.2, -0.15) is 0 Å². The molecule has 1 fully saturated rings. The van der Waals surface area contributed by atoms with E-state index in [4.69, 9.17) is 0 Å². The van der Waals surface area contributed by atoms with Gasteiger partial charge in [0.1, 0.15) is 5.82 Å². The number of benzene rings is 2. The minimum absolute atomic E-state index is 0.202. The predicted molar refractivity (Wildman–Crippen MR) is 91.2 cm³/mol. The summed E-state index contributed by atoms with van der Waals surface area (Å²) >= 11 is 6.85. The number of halogens is 3. The summed E-state index contributed by atoms with van der Waals surface area (Å²) in [4.78, 5) is 0. The Morgan fingerprint density at radius 1 is 1.00 bits per heavy atom. The maximum atomic E-state index is 13.5. The van der Waals surface area contributed by atoms with Gasteiger partial charge in [0, 0.05) is 16.9 Å². The molecule has 1 nitrogen and oxygen atoms in total. The first-order chi connectivity index (χ1) is 10.1. The van der Waals surface area contributed by atoms with Crippen LogP contribution in [0.1, 0.15) is 29.4 Å². The fraction of sp³-hybridized carbons (Fsp3) is 0.294. The zero-order chi connectivity index (χ0) is 14.8. The molecule has 4 heteroatoms. The molecule has 3 rings (SSSR count). The largest absolute Gasteiger partial charge is 0.316 e. The lowest BCUT2D eigenvalue weighted by atomic mass is 9.77. The summed E-state index contributed by atoms with van der Waals surface area (Å²) in [6.45, 7) is 1.96. The Labute approximate surface area is 141 Å². The van der Waals surface area contributed by atoms with E-state index in [9.17, 15) is 4.39 Å². The zero-order valence-corrected chi connectivity index (χ0v) is 14.6. The third kappa shape index (κ3) is 3.38. The Morgan fingerprint density at radius 2 is 1.81 bits per heavy atom. The van der Waals surface area contributed by atoms with Gasteiger partial charge in [-0.25, -0.2) is 4.39 Å². The Bertz CT molecular complexity index is 644. The summed E-state index contributed by atoms with van der Waals surface area (Å²) in [6, 6.07) is 13.9. The number of piperidine rings is 1. The van der Waals surface area contributed by atoms with Gasteiger partial charge in [0.2, 0.25) is 0 Å². The SMILES string of the molecule is Fc1ccc(C2CCNCC2c2cccc(Br)c2)cc1Br. The lowest BCUT2D eigenvalue weighted by molar-refractivity contribution is 0.403. The Balaban J connectivity index is 1.96. The monoisotopic (exact) mass is 411 g/mol. The minimum Gasteiger partial charge on any atom is -0.316 e. The molecule has 0 amide bonds. The van der Waals surface area contributed by atoms with Gasteiger partial charge in [-0.3, -0.25) is 0 Å². The maximum absolute atomic E-state index is 13.5. The van der Waals surface area contributed by atoms with Crippen molar-refractivity contribution in [2.75, 3.05) is 13.1 Å². The third-order valence-electron chi connectivity index (χ3n) is 4.13. The van der Waals surface area contributed by atoms with E-state index in [1.165, 1.54) is 11.1 Å². The number of hydrogen-bond acceptors (Lipinski definition) is 1. The van der Waals surface area contributed by atoms with E-state index in [0.717, 1.165) is 24.0 Å². The normalized spacial score (nSPS) is 22.2. The van der Waals surface area contributed by atoms with Crippen molar-refractivity contribution in [3.05, 3.63) is 68.4 Å². The van der Waals surface area contributed by atoms with Gasteiger partial charge in [0.05, 0.1) is 4.47 Å². The van der Waals surface area contributed by atoms with Crippen LogP contribution < -0.4 is 5.32 Å². The molecule has 110 valence electrons. The molecule has 0 saturated carbocycles. The summed E-state index contributed by atoms with van der Waals surface area (Å²) in [7, 11) is 0. The van der Waals surface area contributed by atoms with Crippen LogP contribution in [0.5, 0.6) is 0 Å². The maximum Gasteiger partial charge on any atom is 0.137 e. The topological polar surface area (TPSA) is 12.0 Å². The first kappa shape index (κ1) is 15.2. The van der Waals surface area contributed by atoms with Crippen molar-refractivity contribution in [3.63, 3.8) is 0 Å². The van der Waals surface area contributed by atoms with Gasteiger partial charge in [-0.05, 0) is 70.2 Å². The molecule has 2 atom stereocenters. The van der Waals surface area contributed by atoms with Crippen LogP contribution in [0.3, 0.4) is 0 Å². The second-order valence-corrected chi connectivity index (χ2v) is 7.20. The fourth-order valence-corrected chi connectivity index (χ4v) is 3.90. The van der Waals surface area contributed by atoms with E-state index < -0.39 is 0 Å². The molecule has 0 spiro atoms. The summed E-state index contributed by atoms with van der Waals surface area (Å²) in [5.41, 5.74) is 2.52. The van der Waals surface area contributed by atoms with Crippen molar-refractivity contribution in [2.45, 2.75) is 18.3 Å². The summed E-state index contributed by atoms with van der Waals surface area (Å²) < 4.78 is 15.1. The molecule has 2 unspecified atom stereocenters. The molecule has 1 aliphatic rings. The highest BCUT2D eigenvalue weighted by atomic mass is 79.9. The summed E-state index contributed by atoms with van der Waals surface area (Å²) in [5, 5.41) is 3.48. The van der Waals surface area contributed by atoms with Gasteiger partial charge >= 0.3 is 0 Å². The molecule has 0 radical (unpaired) electrons. The third-order valence-corrected chi connectivity index (χ3v) is 5.23. The van der Waals surface area contributed by atoms with Gasteiger partial charge in [0.15, 0.2) is 0 Å². The van der Waals surface area contributed by atoms with Crippen LogP contribution >= 0.6 is 31.9 Å². The Kier molecular flexibility index (Phi) is 4.77. The first-order valence-electron chi connectivity index (χ1n) is 7.06. The van der Waals surface area contributed by atoms with E-state index in [2.05, 4.69) is 55.4 Å². The van der Waals surface area contributed by atoms with Crippen molar-refractivity contribution in [1.82, 2.24) is 5.32 Å². The van der Waals surface area contributed by atoms with Crippen molar-refractivity contribution < 1.29 is 4.39 Å². The highest BCUT2D eigenvalue weighted by molar-refractivity contribution is 9.10. The lowest BCUT2D eigenvalue weighted by Gasteiger charge is -2.33. The molecule has 1 N–H and O–H groups in total. The Morgan fingerprint density at radius 3 is 2.57 bits per heavy atom. The van der Waals surface area contributed by atoms with Crippen LogP contribution in [0.4, 0.5) is 4.39 Å². The molecule has 1 saturated heterocycles. The molecular weight excluding hydrogens is 397 g/mol. The number of rotatable bonds is 2. The Hall–Kier alpha value is -0.710. The van der Waals surface area contributed by atoms with Crippen LogP contribution in [-0.2, 0) is 0 Å². The molecule has 2 aromatic carbocycles. The van der Waals surface area contributed by atoms with Crippen molar-refractivity contribution in [3.8, 4) is 0 Å². The smallest absolute Gasteiger partial charge is 0.137 e. The molecule has 0 bridgehead atoms. The van der Waals surface area contributed by atoms with Crippen molar-refractivity contribution in [1.29, 1.82) is 0 Å². The van der Waals surface area contributed by atoms with Crippen LogP contribution in [0.15, 0.2) is 51.4 Å². The molecular formula is C17H16Br2FN. The van der Waals surface area contributed by atoms with Crippen molar-refractivity contribution in [2.24, 2.45) is 0 Å². The van der Waals surface area contributed by atoms with Crippen LogP contribution in [-0.4, -0.2) is 13.1 Å². The van der Waals surface area contributed by atoms with Gasteiger partial charge in [-0.15, -0.1) is 0 Å². The molecule has 1 heterocycles. The number of hydrogen-bond donors (Lipinski definition) is 1. The van der Waals surface area contributed by atoms with Crippen LogP contribution in [0.25, 0.3) is 0 Å². The van der Waals surface area contributed by atoms with Gasteiger partial charge in [-0.1, -0.05) is 34.1 Å². The molecule has 2 aromatic rings. The number of nitrogens with one attached hydrogen (secondary N) is 1. The fourth-order valence-electron chi connectivity index (χ4n) is 3.09. The summed E-state index contributed by atoms with van der Waals surface area (Å²) in [5.74, 6) is 0.623. The average Bonchev–Trinajstić information content (AvgIpc) is 2.50. The molecule has 21 heavy (non-hydrogen) atoms. The minimum atomic E-state index is -0.202. The molecule has 0 aliphatic carbocycles. The average molecular weight is 413 g/mol. The van der Waals surface area contributed by atoms with Gasteiger partial charge < -0.3 is 5.32 Å². The van der Waals surface area contributed by atoms with E-state index in [-0.39, 0.29) is 5.82 Å². The highest BCUT2D eigenvalue weighted by Crippen LogP contribution is 2.39. The second-order valence-electron chi connectivity index (χ2n) is 5.43.